The number of nitrogens with one attached hydrogen (secondary N) is 2. The van der Waals surface area contributed by atoms with Crippen molar-refractivity contribution in [2.24, 2.45) is 0 Å². The fourth-order valence-electron chi connectivity index (χ4n) is 3.01. The average Bonchev–Trinajstić information content (AvgIpc) is 3.10. The van der Waals surface area contributed by atoms with Crippen molar-refractivity contribution < 1.29 is 18.3 Å². The van der Waals surface area contributed by atoms with Gasteiger partial charge in [0.05, 0.1) is 11.8 Å². The normalized spacial score (nSPS) is 15.5. The van der Waals surface area contributed by atoms with Crippen LogP contribution >= 0.6 is 0 Å². The molecule has 4 nitrogen and oxygen atoms in total. The van der Waals surface area contributed by atoms with Gasteiger partial charge >= 0.3 is 0 Å². The molecule has 0 aromatic heterocycles. The lowest BCUT2D eigenvalue weighted by molar-refractivity contribution is -0.116. The lowest BCUT2D eigenvalue weighted by Gasteiger charge is -2.17. The molecule has 1 saturated carbocycles. The van der Waals surface area contributed by atoms with E-state index in [-0.39, 0.29) is 11.8 Å². The maximum Gasteiger partial charge on any atom is 0.246 e. The molecule has 0 saturated heterocycles. The zero-order chi connectivity index (χ0) is 18.5. The molecule has 0 heterocycles. The van der Waals surface area contributed by atoms with E-state index in [4.69, 9.17) is 4.74 Å². The van der Waals surface area contributed by atoms with Crippen LogP contribution in [0.4, 0.5) is 20.2 Å². The quantitative estimate of drug-likeness (QED) is 0.783. The van der Waals surface area contributed by atoms with Crippen LogP contribution in [0.1, 0.15) is 32.6 Å². The van der Waals surface area contributed by atoms with E-state index in [0.717, 1.165) is 36.4 Å². The molecule has 2 aromatic rings. The van der Waals surface area contributed by atoms with Crippen molar-refractivity contribution in [1.29, 1.82) is 0 Å². The van der Waals surface area contributed by atoms with E-state index in [2.05, 4.69) is 10.6 Å². The summed E-state index contributed by atoms with van der Waals surface area (Å²) < 4.78 is 32.5. The highest BCUT2D eigenvalue weighted by Gasteiger charge is 2.18. The van der Waals surface area contributed by atoms with E-state index in [1.807, 2.05) is 24.3 Å². The first kappa shape index (κ1) is 18.2. The lowest BCUT2D eigenvalue weighted by atomic mass is 10.2. The third-order valence-electron chi connectivity index (χ3n) is 4.40. The standard InChI is InChI=1S/C20H22F2N2O2/c1-13(20(25)24-19-10-9-14(21)11-18(19)22)23-15-5-4-8-17(12-15)26-16-6-2-3-7-16/h4-5,8-13,16,23H,2-3,6-7H2,1H3,(H,24,25). The van der Waals surface area contributed by atoms with Gasteiger partial charge in [-0.05, 0) is 56.9 Å². The third kappa shape index (κ3) is 4.71. The Hall–Kier alpha value is -2.63. The Kier molecular flexibility index (Phi) is 5.71. The monoisotopic (exact) mass is 360 g/mol. The summed E-state index contributed by atoms with van der Waals surface area (Å²) in [6.45, 7) is 1.67. The second kappa shape index (κ2) is 8.17. The fourth-order valence-corrected chi connectivity index (χ4v) is 3.01. The molecule has 2 N–H and O–H groups in total. The molecule has 1 fully saturated rings. The fraction of sp³-hybridized carbons (Fsp3) is 0.350. The zero-order valence-corrected chi connectivity index (χ0v) is 14.6. The minimum absolute atomic E-state index is 0.0524. The number of carbonyl (C=O) groups is 1. The van der Waals surface area contributed by atoms with E-state index in [1.165, 1.54) is 18.9 Å². The minimum Gasteiger partial charge on any atom is -0.490 e. The molecule has 1 atom stereocenters. The highest BCUT2D eigenvalue weighted by atomic mass is 19.1. The van der Waals surface area contributed by atoms with E-state index < -0.39 is 23.6 Å². The van der Waals surface area contributed by atoms with Gasteiger partial charge in [-0.3, -0.25) is 4.79 Å². The average molecular weight is 360 g/mol. The lowest BCUT2D eigenvalue weighted by Crippen LogP contribution is -2.32. The Bertz CT molecular complexity index is 776. The van der Waals surface area contributed by atoms with Crippen LogP contribution in [0.25, 0.3) is 0 Å². The summed E-state index contributed by atoms with van der Waals surface area (Å²) in [6, 6.07) is 9.86. The molecule has 1 amide bonds. The highest BCUT2D eigenvalue weighted by Crippen LogP contribution is 2.26. The van der Waals surface area contributed by atoms with Crippen LogP contribution in [-0.4, -0.2) is 18.1 Å². The SMILES string of the molecule is CC(Nc1cccc(OC2CCCC2)c1)C(=O)Nc1ccc(F)cc1F. The van der Waals surface area contributed by atoms with Gasteiger partial charge in [-0.15, -0.1) is 0 Å². The Morgan fingerprint density at radius 1 is 1.15 bits per heavy atom. The van der Waals surface area contributed by atoms with Gasteiger partial charge in [-0.1, -0.05) is 6.07 Å². The molecule has 0 radical (unpaired) electrons. The van der Waals surface area contributed by atoms with Crippen molar-refractivity contribution in [1.82, 2.24) is 0 Å². The third-order valence-corrected chi connectivity index (χ3v) is 4.40. The first-order valence-corrected chi connectivity index (χ1v) is 8.80. The van der Waals surface area contributed by atoms with Gasteiger partial charge in [0.15, 0.2) is 0 Å². The van der Waals surface area contributed by atoms with Crippen LogP contribution in [0.15, 0.2) is 42.5 Å². The molecule has 1 unspecified atom stereocenters. The van der Waals surface area contributed by atoms with Gasteiger partial charge in [0.25, 0.3) is 0 Å². The summed E-state index contributed by atoms with van der Waals surface area (Å²) in [5, 5.41) is 5.53. The minimum atomic E-state index is -0.808. The van der Waals surface area contributed by atoms with Crippen LogP contribution in [0.3, 0.4) is 0 Å². The van der Waals surface area contributed by atoms with Gasteiger partial charge < -0.3 is 15.4 Å². The zero-order valence-electron chi connectivity index (χ0n) is 14.6. The van der Waals surface area contributed by atoms with Crippen molar-refractivity contribution in [3.05, 3.63) is 54.1 Å². The van der Waals surface area contributed by atoms with Crippen molar-refractivity contribution >= 4 is 17.3 Å². The van der Waals surface area contributed by atoms with Crippen LogP contribution < -0.4 is 15.4 Å². The largest absolute Gasteiger partial charge is 0.490 e. The molecule has 26 heavy (non-hydrogen) atoms. The Balaban J connectivity index is 1.59. The number of hydrogen-bond acceptors (Lipinski definition) is 3. The van der Waals surface area contributed by atoms with Gasteiger partial charge in [-0.2, -0.15) is 0 Å². The van der Waals surface area contributed by atoms with Gasteiger partial charge in [0.2, 0.25) is 5.91 Å². The number of carbonyl (C=O) groups excluding carboxylic acids is 1. The van der Waals surface area contributed by atoms with E-state index in [9.17, 15) is 13.6 Å². The summed E-state index contributed by atoms with van der Waals surface area (Å²) in [5.41, 5.74) is 0.686. The number of halogens is 2. The molecule has 0 bridgehead atoms. The molecule has 1 aliphatic carbocycles. The number of ether oxygens (including phenoxy) is 1. The van der Waals surface area contributed by atoms with Crippen LogP contribution in [0.5, 0.6) is 5.75 Å². The van der Waals surface area contributed by atoms with E-state index in [0.29, 0.717) is 0 Å². The molecule has 3 rings (SSSR count). The second-order valence-electron chi connectivity index (χ2n) is 6.53. The number of amides is 1. The Labute approximate surface area is 151 Å². The van der Waals surface area contributed by atoms with Crippen LogP contribution in [-0.2, 0) is 4.79 Å². The predicted molar refractivity (Wildman–Crippen MR) is 97.4 cm³/mol. The van der Waals surface area contributed by atoms with E-state index in [1.54, 1.807) is 6.92 Å². The number of benzene rings is 2. The number of hydrogen-bond donors (Lipinski definition) is 2. The molecular weight excluding hydrogens is 338 g/mol. The van der Waals surface area contributed by atoms with Crippen molar-refractivity contribution in [2.45, 2.75) is 44.8 Å². The Morgan fingerprint density at radius 3 is 2.65 bits per heavy atom. The predicted octanol–water partition coefficient (Wildman–Crippen LogP) is 4.73. The van der Waals surface area contributed by atoms with Gasteiger partial charge in [-0.25, -0.2) is 8.78 Å². The molecule has 0 aliphatic heterocycles. The summed E-state index contributed by atoms with van der Waals surface area (Å²) in [4.78, 5) is 12.3. The smallest absolute Gasteiger partial charge is 0.246 e. The molecule has 6 heteroatoms. The molecule has 1 aliphatic rings. The maximum absolute atomic E-state index is 13.7. The number of anilines is 2. The second-order valence-corrected chi connectivity index (χ2v) is 6.53. The maximum atomic E-state index is 13.7. The van der Waals surface area contributed by atoms with E-state index >= 15 is 0 Å². The molecule has 2 aromatic carbocycles. The first-order valence-electron chi connectivity index (χ1n) is 8.80. The summed E-state index contributed by atoms with van der Waals surface area (Å²) in [7, 11) is 0. The summed E-state index contributed by atoms with van der Waals surface area (Å²) >= 11 is 0. The van der Waals surface area contributed by atoms with Crippen molar-refractivity contribution in [3.8, 4) is 5.75 Å². The van der Waals surface area contributed by atoms with Crippen molar-refractivity contribution in [2.75, 3.05) is 10.6 Å². The van der Waals surface area contributed by atoms with Gasteiger partial charge in [0.1, 0.15) is 23.4 Å². The molecule has 0 spiro atoms. The van der Waals surface area contributed by atoms with Crippen molar-refractivity contribution in [3.63, 3.8) is 0 Å². The van der Waals surface area contributed by atoms with Crippen LogP contribution in [0, 0.1) is 11.6 Å². The first-order chi connectivity index (χ1) is 12.5. The summed E-state index contributed by atoms with van der Waals surface area (Å²) in [6.07, 6.45) is 4.78. The molecular formula is C20H22F2N2O2. The Morgan fingerprint density at radius 2 is 1.92 bits per heavy atom. The highest BCUT2D eigenvalue weighted by molar-refractivity contribution is 5.96. The van der Waals surface area contributed by atoms with Crippen LogP contribution in [0.2, 0.25) is 0 Å². The van der Waals surface area contributed by atoms with Gasteiger partial charge in [0, 0.05) is 17.8 Å². The summed E-state index contributed by atoms with van der Waals surface area (Å²) in [5.74, 6) is -1.15. The molecule has 138 valence electrons. The number of rotatable bonds is 6. The topological polar surface area (TPSA) is 50.4 Å².